The van der Waals surface area contributed by atoms with Crippen LogP contribution in [0.4, 0.5) is 0 Å². The summed E-state index contributed by atoms with van der Waals surface area (Å²) in [7, 11) is 1.81. The maximum Gasteiger partial charge on any atom is 0.224 e. The van der Waals surface area contributed by atoms with Gasteiger partial charge in [0.15, 0.2) is 0 Å². The summed E-state index contributed by atoms with van der Waals surface area (Å²) in [5.41, 5.74) is 1.24. The average Bonchev–Trinajstić information content (AvgIpc) is 2.43. The Labute approximate surface area is 79.4 Å². The average molecular weight is 193 g/mol. The zero-order chi connectivity index (χ0) is 9.42. The SMILES string of the molecule is Cn1cc(C#N)c2cnc(Cl)nc21. The molecule has 0 aliphatic heterocycles. The molecule has 0 aliphatic carbocycles. The van der Waals surface area contributed by atoms with E-state index in [0.29, 0.717) is 11.2 Å². The highest BCUT2D eigenvalue weighted by Gasteiger charge is 2.07. The van der Waals surface area contributed by atoms with Gasteiger partial charge in [-0.15, -0.1) is 0 Å². The van der Waals surface area contributed by atoms with Gasteiger partial charge in [-0.2, -0.15) is 10.2 Å². The Morgan fingerprint density at radius 3 is 3.08 bits per heavy atom. The van der Waals surface area contributed by atoms with Crippen LogP contribution in [0.15, 0.2) is 12.4 Å². The first kappa shape index (κ1) is 8.02. The number of hydrogen-bond donors (Lipinski definition) is 0. The highest BCUT2D eigenvalue weighted by atomic mass is 35.5. The normalized spacial score (nSPS) is 10.2. The van der Waals surface area contributed by atoms with Gasteiger partial charge in [0.2, 0.25) is 5.28 Å². The van der Waals surface area contributed by atoms with Crippen molar-refractivity contribution in [1.82, 2.24) is 14.5 Å². The highest BCUT2D eigenvalue weighted by molar-refractivity contribution is 6.28. The van der Waals surface area contributed by atoms with Gasteiger partial charge in [-0.1, -0.05) is 0 Å². The number of aryl methyl sites for hydroxylation is 1. The van der Waals surface area contributed by atoms with E-state index in [1.165, 1.54) is 0 Å². The van der Waals surface area contributed by atoms with Crippen LogP contribution in [-0.4, -0.2) is 14.5 Å². The molecule has 0 saturated carbocycles. The molecule has 0 saturated heterocycles. The molecule has 2 rings (SSSR count). The minimum absolute atomic E-state index is 0.193. The van der Waals surface area contributed by atoms with Crippen LogP contribution in [0.2, 0.25) is 5.28 Å². The molecule has 2 heterocycles. The fraction of sp³-hybridized carbons (Fsp3) is 0.125. The van der Waals surface area contributed by atoms with E-state index in [2.05, 4.69) is 16.0 Å². The molecule has 0 spiro atoms. The second-order valence-corrected chi connectivity index (χ2v) is 2.98. The summed E-state index contributed by atoms with van der Waals surface area (Å²) in [5.74, 6) is 0. The number of aromatic nitrogens is 3. The Bertz CT molecular complexity index is 509. The summed E-state index contributed by atoms with van der Waals surface area (Å²) in [6.07, 6.45) is 3.26. The zero-order valence-electron chi connectivity index (χ0n) is 6.82. The van der Waals surface area contributed by atoms with Crippen LogP contribution in [-0.2, 0) is 7.05 Å². The van der Waals surface area contributed by atoms with E-state index in [9.17, 15) is 0 Å². The third-order valence-corrected chi connectivity index (χ3v) is 1.99. The maximum atomic E-state index is 8.77. The highest BCUT2D eigenvalue weighted by Crippen LogP contribution is 2.17. The van der Waals surface area contributed by atoms with Gasteiger partial charge in [-0.3, -0.25) is 0 Å². The first-order chi connectivity index (χ1) is 6.22. The Hall–Kier alpha value is -1.60. The molecule has 5 heteroatoms. The summed E-state index contributed by atoms with van der Waals surface area (Å²) >= 11 is 5.62. The lowest BCUT2D eigenvalue weighted by molar-refractivity contribution is 0.942. The second-order valence-electron chi connectivity index (χ2n) is 2.64. The van der Waals surface area contributed by atoms with Crippen molar-refractivity contribution in [1.29, 1.82) is 5.26 Å². The van der Waals surface area contributed by atoms with Crippen molar-refractivity contribution in [3.05, 3.63) is 23.2 Å². The lowest BCUT2D eigenvalue weighted by Gasteiger charge is -1.93. The van der Waals surface area contributed by atoms with Crippen LogP contribution in [0.1, 0.15) is 5.56 Å². The molecule has 0 unspecified atom stereocenters. The van der Waals surface area contributed by atoms with Crippen molar-refractivity contribution < 1.29 is 0 Å². The number of nitrogens with zero attached hydrogens (tertiary/aromatic N) is 4. The number of halogens is 1. The van der Waals surface area contributed by atoms with Crippen molar-refractivity contribution in [2.45, 2.75) is 0 Å². The predicted octanol–water partition coefficient (Wildman–Crippen LogP) is 1.49. The van der Waals surface area contributed by atoms with E-state index in [1.807, 2.05) is 7.05 Å². The molecule has 0 fully saturated rings. The molecule has 2 aromatic heterocycles. The molecular weight excluding hydrogens is 188 g/mol. The molecule has 13 heavy (non-hydrogen) atoms. The Kier molecular flexibility index (Phi) is 1.67. The molecule has 0 radical (unpaired) electrons. The van der Waals surface area contributed by atoms with E-state index < -0.39 is 0 Å². The summed E-state index contributed by atoms with van der Waals surface area (Å²) < 4.78 is 1.75. The topological polar surface area (TPSA) is 54.5 Å². The van der Waals surface area contributed by atoms with Crippen LogP contribution in [0, 0.1) is 11.3 Å². The Morgan fingerprint density at radius 1 is 1.62 bits per heavy atom. The predicted molar refractivity (Wildman–Crippen MR) is 48.2 cm³/mol. The van der Waals surface area contributed by atoms with Crippen LogP contribution >= 0.6 is 11.6 Å². The fourth-order valence-corrected chi connectivity index (χ4v) is 1.35. The van der Waals surface area contributed by atoms with Crippen molar-refractivity contribution >= 4 is 22.6 Å². The molecule has 0 bridgehead atoms. The van der Waals surface area contributed by atoms with Crippen molar-refractivity contribution in [2.24, 2.45) is 7.05 Å². The number of hydrogen-bond acceptors (Lipinski definition) is 3. The molecule has 0 aromatic carbocycles. The molecule has 2 aromatic rings. The molecule has 4 nitrogen and oxygen atoms in total. The van der Waals surface area contributed by atoms with E-state index in [1.54, 1.807) is 17.0 Å². The minimum atomic E-state index is 0.193. The molecule has 0 N–H and O–H groups in total. The first-order valence-corrected chi connectivity index (χ1v) is 3.98. The van der Waals surface area contributed by atoms with Gasteiger partial charge in [0.25, 0.3) is 0 Å². The zero-order valence-corrected chi connectivity index (χ0v) is 7.58. The Balaban J connectivity index is 2.90. The molecule has 64 valence electrons. The number of fused-ring (bicyclic) bond motifs is 1. The van der Waals surface area contributed by atoms with Gasteiger partial charge >= 0.3 is 0 Å². The van der Waals surface area contributed by atoms with Gasteiger partial charge in [-0.25, -0.2) is 4.98 Å². The fourth-order valence-electron chi connectivity index (χ4n) is 1.22. The Morgan fingerprint density at radius 2 is 2.38 bits per heavy atom. The van der Waals surface area contributed by atoms with Crippen LogP contribution < -0.4 is 0 Å². The summed E-state index contributed by atoms with van der Waals surface area (Å²) in [6.45, 7) is 0. The van der Waals surface area contributed by atoms with Crippen LogP contribution in [0.25, 0.3) is 11.0 Å². The standard InChI is InChI=1S/C8H5ClN4/c1-13-4-5(2-10)6-3-11-8(9)12-7(6)13/h3-4H,1H3. The number of nitriles is 1. The van der Waals surface area contributed by atoms with Crippen LogP contribution in [0.3, 0.4) is 0 Å². The molecular formula is C8H5ClN4. The van der Waals surface area contributed by atoms with E-state index in [4.69, 9.17) is 16.9 Å². The van der Waals surface area contributed by atoms with Gasteiger partial charge in [-0.05, 0) is 11.6 Å². The van der Waals surface area contributed by atoms with E-state index in [0.717, 1.165) is 5.39 Å². The first-order valence-electron chi connectivity index (χ1n) is 3.60. The largest absolute Gasteiger partial charge is 0.334 e. The quantitative estimate of drug-likeness (QED) is 0.595. The van der Waals surface area contributed by atoms with Gasteiger partial charge in [0, 0.05) is 19.4 Å². The second kappa shape index (κ2) is 2.71. The molecule has 0 amide bonds. The van der Waals surface area contributed by atoms with Crippen molar-refractivity contribution in [3.8, 4) is 6.07 Å². The minimum Gasteiger partial charge on any atom is -0.334 e. The van der Waals surface area contributed by atoms with E-state index in [-0.39, 0.29) is 5.28 Å². The summed E-state index contributed by atoms with van der Waals surface area (Å²) in [5, 5.41) is 9.69. The van der Waals surface area contributed by atoms with Gasteiger partial charge in [0.05, 0.1) is 10.9 Å². The maximum absolute atomic E-state index is 8.77. The lowest BCUT2D eigenvalue weighted by Crippen LogP contribution is -1.89. The molecule has 0 aliphatic rings. The van der Waals surface area contributed by atoms with E-state index >= 15 is 0 Å². The third-order valence-electron chi connectivity index (χ3n) is 1.81. The number of rotatable bonds is 0. The van der Waals surface area contributed by atoms with Crippen LogP contribution in [0.5, 0.6) is 0 Å². The van der Waals surface area contributed by atoms with Gasteiger partial charge in [0.1, 0.15) is 11.7 Å². The van der Waals surface area contributed by atoms with Gasteiger partial charge < -0.3 is 4.57 Å². The summed E-state index contributed by atoms with van der Waals surface area (Å²) in [4.78, 5) is 7.83. The third kappa shape index (κ3) is 1.14. The smallest absolute Gasteiger partial charge is 0.224 e. The monoisotopic (exact) mass is 192 g/mol. The molecule has 0 atom stereocenters. The van der Waals surface area contributed by atoms with Crippen molar-refractivity contribution in [3.63, 3.8) is 0 Å². The van der Waals surface area contributed by atoms with Crippen molar-refractivity contribution in [2.75, 3.05) is 0 Å². The lowest BCUT2D eigenvalue weighted by atomic mass is 10.3. The summed E-state index contributed by atoms with van der Waals surface area (Å²) in [6, 6.07) is 2.07.